The summed E-state index contributed by atoms with van der Waals surface area (Å²) in [5.41, 5.74) is 0. The molecule has 0 saturated heterocycles. The fraction of sp³-hybridized carbons (Fsp3) is 0.333. The van der Waals surface area contributed by atoms with Crippen LogP contribution in [0.1, 0.15) is 0 Å². The van der Waals surface area contributed by atoms with Gasteiger partial charge in [0.25, 0.3) is 0 Å². The largest absolute Gasteiger partial charge is 0.423 e. The van der Waals surface area contributed by atoms with Crippen LogP contribution >= 0.6 is 23.2 Å². The Labute approximate surface area is 98.2 Å². The third-order valence-electron chi connectivity index (χ3n) is 1.17. The van der Waals surface area contributed by atoms with E-state index in [1.807, 2.05) is 0 Å². The molecule has 0 aliphatic rings. The lowest BCUT2D eigenvalue weighted by Gasteiger charge is -2.26. The fourth-order valence-corrected chi connectivity index (χ4v) is 0.763. The molecule has 0 heterocycles. The van der Waals surface area contributed by atoms with Gasteiger partial charge < -0.3 is 4.74 Å². The molecule has 1 nitrogen and oxygen atoms in total. The first-order valence-corrected chi connectivity index (χ1v) is 4.05. The Hall–Kier alpha value is -0.700. The highest BCUT2D eigenvalue weighted by atomic mass is 35.5. The van der Waals surface area contributed by atoms with E-state index >= 15 is 0 Å². The van der Waals surface area contributed by atoms with Gasteiger partial charge in [-0.15, -0.1) is 0 Å². The van der Waals surface area contributed by atoms with E-state index < -0.39 is 34.4 Å². The van der Waals surface area contributed by atoms with Crippen molar-refractivity contribution in [1.82, 2.24) is 0 Å². The van der Waals surface area contributed by atoms with Gasteiger partial charge in [-0.1, -0.05) is 23.2 Å². The molecule has 0 aromatic carbocycles. The Morgan fingerprint density at radius 2 is 1.24 bits per heavy atom. The third kappa shape index (κ3) is 3.63. The van der Waals surface area contributed by atoms with Gasteiger partial charge in [0.2, 0.25) is 5.83 Å². The van der Waals surface area contributed by atoms with Gasteiger partial charge in [-0.05, 0) is 0 Å². The molecule has 0 atom stereocenters. The molecular weight excluding hydrogens is 311 g/mol. The summed E-state index contributed by atoms with van der Waals surface area (Å²) >= 11 is 8.97. The summed E-state index contributed by atoms with van der Waals surface area (Å²) in [6.45, 7) is 0. The van der Waals surface area contributed by atoms with Crippen molar-refractivity contribution in [2.45, 2.75) is 10.4 Å². The highest BCUT2D eigenvalue weighted by Crippen LogP contribution is 2.47. The molecule has 0 bridgehead atoms. The van der Waals surface area contributed by atoms with Crippen LogP contribution in [0.5, 0.6) is 0 Å². The van der Waals surface area contributed by atoms with Crippen LogP contribution in [0.3, 0.4) is 0 Å². The molecule has 11 heteroatoms. The van der Waals surface area contributed by atoms with Crippen molar-refractivity contribution in [3.05, 3.63) is 24.0 Å². The van der Waals surface area contributed by atoms with Gasteiger partial charge >= 0.3 is 28.6 Å². The van der Waals surface area contributed by atoms with Crippen LogP contribution in [0.4, 0.5) is 35.1 Å². The maximum Gasteiger partial charge on any atom is 0.371 e. The summed E-state index contributed by atoms with van der Waals surface area (Å²) < 4.78 is 94.5. The number of hydrogen-bond acceptors (Lipinski definition) is 1. The summed E-state index contributed by atoms with van der Waals surface area (Å²) in [5.74, 6) is -8.88. The van der Waals surface area contributed by atoms with E-state index in [0.29, 0.717) is 0 Å². The Kier molecular flexibility index (Phi) is 5.08. The van der Waals surface area contributed by atoms with E-state index in [9.17, 15) is 35.1 Å². The zero-order chi connectivity index (χ0) is 14.0. The van der Waals surface area contributed by atoms with Crippen LogP contribution in [0, 0.1) is 0 Å². The maximum absolute atomic E-state index is 12.7. The second kappa shape index (κ2) is 5.30. The smallest absolute Gasteiger partial charge is 0.371 e. The molecule has 100 valence electrons. The van der Waals surface area contributed by atoms with Crippen LogP contribution in [0.2, 0.25) is 0 Å². The molecule has 0 fully saturated rings. The first-order chi connectivity index (χ1) is 7.43. The quantitative estimate of drug-likeness (QED) is 0.408. The number of hydrogen-bond donors (Lipinski definition) is 0. The molecule has 0 aliphatic carbocycles. The first-order valence-electron chi connectivity index (χ1n) is 3.30. The second-order valence-electron chi connectivity index (χ2n) is 2.30. The lowest BCUT2D eigenvalue weighted by molar-refractivity contribution is -0.106. The van der Waals surface area contributed by atoms with Gasteiger partial charge in [0.1, 0.15) is 0 Å². The van der Waals surface area contributed by atoms with Gasteiger partial charge in [0.05, 0.1) is 0 Å². The molecule has 0 spiro atoms. The van der Waals surface area contributed by atoms with Crippen LogP contribution in [0.25, 0.3) is 0 Å². The normalized spacial score (nSPS) is 12.1. The van der Waals surface area contributed by atoms with E-state index in [1.54, 1.807) is 0 Å². The van der Waals surface area contributed by atoms with Crippen molar-refractivity contribution in [3.8, 4) is 0 Å². The van der Waals surface area contributed by atoms with Gasteiger partial charge in [-0.3, -0.25) is 0 Å². The lowest BCUT2D eigenvalue weighted by Crippen LogP contribution is -2.41. The standard InChI is InChI=1S/C6Cl2F8O/c7-6(8,17-4(14)3(12)13)5(15,16)1(9)2(10)11. The average molecular weight is 311 g/mol. The molecule has 0 amide bonds. The number of halogens is 10. The molecule has 0 rings (SSSR count). The van der Waals surface area contributed by atoms with Crippen LogP contribution in [-0.2, 0) is 4.74 Å². The first kappa shape index (κ1) is 16.3. The topological polar surface area (TPSA) is 9.23 Å². The Balaban J connectivity index is 5.33. The average Bonchev–Trinajstić information content (AvgIpc) is 2.14. The van der Waals surface area contributed by atoms with Crippen LogP contribution < -0.4 is 0 Å². The Morgan fingerprint density at radius 1 is 0.824 bits per heavy atom. The molecule has 0 aromatic rings. The molecular formula is C6Cl2F8O. The number of alkyl halides is 4. The SMILES string of the molecule is FC(F)=C(F)OC(Cl)(Cl)C(F)(F)C(F)=C(F)F. The minimum absolute atomic E-state index is 2.96. The van der Waals surface area contributed by atoms with Crippen molar-refractivity contribution >= 4 is 23.2 Å². The molecule has 17 heavy (non-hydrogen) atoms. The molecule has 0 radical (unpaired) electrons. The zero-order valence-electron chi connectivity index (χ0n) is 7.19. The summed E-state index contributed by atoms with van der Waals surface area (Å²) in [6.07, 6.45) is -6.76. The molecule has 0 N–H and O–H groups in total. The van der Waals surface area contributed by atoms with Crippen molar-refractivity contribution in [1.29, 1.82) is 0 Å². The minimum Gasteiger partial charge on any atom is -0.423 e. The monoisotopic (exact) mass is 310 g/mol. The van der Waals surface area contributed by atoms with Crippen LogP contribution in [-0.4, -0.2) is 10.4 Å². The highest BCUT2D eigenvalue weighted by molar-refractivity contribution is 6.48. The van der Waals surface area contributed by atoms with E-state index in [0.717, 1.165) is 0 Å². The van der Waals surface area contributed by atoms with E-state index in [1.165, 1.54) is 0 Å². The second-order valence-corrected chi connectivity index (χ2v) is 3.56. The van der Waals surface area contributed by atoms with Crippen molar-refractivity contribution < 1.29 is 39.9 Å². The van der Waals surface area contributed by atoms with E-state index in [-0.39, 0.29) is 0 Å². The molecule has 0 saturated carbocycles. The van der Waals surface area contributed by atoms with Crippen molar-refractivity contribution in [3.63, 3.8) is 0 Å². The fourth-order valence-electron chi connectivity index (χ4n) is 0.462. The summed E-state index contributed by atoms with van der Waals surface area (Å²) in [6, 6.07) is -2.96. The Bertz CT molecular complexity index is 355. The van der Waals surface area contributed by atoms with E-state index in [4.69, 9.17) is 0 Å². The number of ether oxygens (including phenoxy) is 1. The van der Waals surface area contributed by atoms with Gasteiger partial charge in [-0.25, -0.2) is 0 Å². The summed E-state index contributed by atoms with van der Waals surface area (Å²) in [7, 11) is 0. The molecule has 0 aromatic heterocycles. The molecule has 0 aliphatic heterocycles. The number of rotatable bonds is 4. The highest BCUT2D eigenvalue weighted by Gasteiger charge is 2.61. The van der Waals surface area contributed by atoms with Crippen molar-refractivity contribution in [2.24, 2.45) is 0 Å². The third-order valence-corrected chi connectivity index (χ3v) is 1.80. The van der Waals surface area contributed by atoms with Gasteiger partial charge in [-0.2, -0.15) is 35.1 Å². The molecule has 0 unspecified atom stereocenters. The minimum atomic E-state index is -5.44. The van der Waals surface area contributed by atoms with Gasteiger partial charge in [0, 0.05) is 0 Å². The predicted molar refractivity (Wildman–Crippen MR) is 41.2 cm³/mol. The zero-order valence-corrected chi connectivity index (χ0v) is 8.70. The van der Waals surface area contributed by atoms with Crippen LogP contribution in [0.15, 0.2) is 24.0 Å². The van der Waals surface area contributed by atoms with Crippen molar-refractivity contribution in [2.75, 3.05) is 0 Å². The predicted octanol–water partition coefficient (Wildman–Crippen LogP) is 4.88. The van der Waals surface area contributed by atoms with Gasteiger partial charge in [0.15, 0.2) is 0 Å². The summed E-state index contributed by atoms with van der Waals surface area (Å²) in [4.78, 5) is 0. The lowest BCUT2D eigenvalue weighted by atomic mass is 10.3. The van der Waals surface area contributed by atoms with E-state index in [2.05, 4.69) is 27.9 Å². The summed E-state index contributed by atoms with van der Waals surface area (Å²) in [5, 5.41) is 0. The maximum atomic E-state index is 12.7. The Morgan fingerprint density at radius 3 is 1.53 bits per heavy atom.